The van der Waals surface area contributed by atoms with E-state index in [9.17, 15) is 9.59 Å². The molecule has 3 rings (SSSR count). The normalized spacial score (nSPS) is 28.9. The van der Waals surface area contributed by atoms with Crippen molar-refractivity contribution >= 4 is 11.8 Å². The van der Waals surface area contributed by atoms with Crippen molar-refractivity contribution in [3.63, 3.8) is 0 Å². The minimum Gasteiger partial charge on any atom is -0.465 e. The van der Waals surface area contributed by atoms with E-state index >= 15 is 0 Å². The zero-order valence-corrected chi connectivity index (χ0v) is 10.2. The average molecular weight is 244 g/mol. The van der Waals surface area contributed by atoms with Crippen LogP contribution in [0.5, 0.6) is 0 Å². The van der Waals surface area contributed by atoms with Crippen LogP contribution >= 0.6 is 0 Å². The highest BCUT2D eigenvalue weighted by atomic mass is 16.5. The Labute approximate surface area is 106 Å². The van der Waals surface area contributed by atoms with Crippen LogP contribution in [0.1, 0.15) is 18.4 Å². The summed E-state index contributed by atoms with van der Waals surface area (Å²) in [7, 11) is 0. The van der Waals surface area contributed by atoms with E-state index < -0.39 is 0 Å². The number of fused-ring (bicyclic) bond motifs is 1. The first-order valence-electron chi connectivity index (χ1n) is 6.50. The van der Waals surface area contributed by atoms with Crippen LogP contribution in [0.4, 0.5) is 0 Å². The Kier molecular flexibility index (Phi) is 2.90. The molecule has 3 atom stereocenters. The van der Waals surface area contributed by atoms with Crippen molar-refractivity contribution in [3.05, 3.63) is 35.9 Å². The lowest BCUT2D eigenvalue weighted by Crippen LogP contribution is -2.14. The molecule has 0 N–H and O–H groups in total. The van der Waals surface area contributed by atoms with Gasteiger partial charge in [-0.2, -0.15) is 0 Å². The fourth-order valence-electron chi connectivity index (χ4n) is 2.98. The van der Waals surface area contributed by atoms with Gasteiger partial charge in [0, 0.05) is 18.8 Å². The minimum absolute atomic E-state index is 0.00535. The van der Waals surface area contributed by atoms with Crippen LogP contribution in [0.2, 0.25) is 0 Å². The summed E-state index contributed by atoms with van der Waals surface area (Å²) in [6, 6.07) is 9.95. The molecule has 1 aromatic carbocycles. The third-order valence-corrected chi connectivity index (χ3v) is 4.01. The molecule has 3 nitrogen and oxygen atoms in total. The van der Waals surface area contributed by atoms with E-state index in [0.717, 1.165) is 18.4 Å². The highest BCUT2D eigenvalue weighted by Crippen LogP contribution is 2.55. The number of carbonyl (C=O) groups excluding carboxylic acids is 2. The summed E-state index contributed by atoms with van der Waals surface area (Å²) in [6.07, 6.45) is 2.27. The van der Waals surface area contributed by atoms with Crippen LogP contribution in [0.25, 0.3) is 0 Å². The maximum atomic E-state index is 11.8. The van der Waals surface area contributed by atoms with Gasteiger partial charge in [-0.05, 0) is 17.9 Å². The lowest BCUT2D eigenvalue weighted by atomic mass is 10.1. The van der Waals surface area contributed by atoms with Crippen LogP contribution in [-0.4, -0.2) is 18.4 Å². The third kappa shape index (κ3) is 2.05. The van der Waals surface area contributed by atoms with Crippen molar-refractivity contribution in [1.82, 2.24) is 0 Å². The van der Waals surface area contributed by atoms with Crippen molar-refractivity contribution in [2.24, 2.45) is 17.8 Å². The van der Waals surface area contributed by atoms with Crippen LogP contribution in [0, 0.1) is 17.8 Å². The molecule has 0 aromatic heterocycles. The number of hydrogen-bond donors (Lipinski definition) is 0. The Morgan fingerprint density at radius 2 is 2.06 bits per heavy atom. The predicted molar refractivity (Wildman–Crippen MR) is 65.8 cm³/mol. The second-order valence-corrected chi connectivity index (χ2v) is 5.12. The first-order valence-corrected chi connectivity index (χ1v) is 6.50. The fourth-order valence-corrected chi connectivity index (χ4v) is 2.98. The van der Waals surface area contributed by atoms with Gasteiger partial charge in [0.05, 0.1) is 12.5 Å². The number of Topliss-reactive ketones (excluding diaryl/α,β-unsaturated/α-hetero) is 1. The van der Waals surface area contributed by atoms with Crippen molar-refractivity contribution in [2.75, 3.05) is 6.61 Å². The van der Waals surface area contributed by atoms with E-state index in [2.05, 4.69) is 0 Å². The predicted octanol–water partition coefficient (Wildman–Crippen LogP) is 2.00. The van der Waals surface area contributed by atoms with Gasteiger partial charge in [0.15, 0.2) is 0 Å². The SMILES string of the molecule is O=C1CC[C@@H]2[C@H]1[C@H]2C(=O)OCCc1ccccc1. The van der Waals surface area contributed by atoms with Gasteiger partial charge in [0.2, 0.25) is 0 Å². The van der Waals surface area contributed by atoms with Crippen LogP contribution in [-0.2, 0) is 20.7 Å². The monoisotopic (exact) mass is 244 g/mol. The Hall–Kier alpha value is -1.64. The van der Waals surface area contributed by atoms with Gasteiger partial charge in [-0.3, -0.25) is 9.59 Å². The molecule has 1 aromatic rings. The summed E-state index contributed by atoms with van der Waals surface area (Å²) in [6.45, 7) is 0.410. The lowest BCUT2D eigenvalue weighted by Gasteiger charge is -2.05. The lowest BCUT2D eigenvalue weighted by molar-refractivity contribution is -0.146. The molecule has 0 spiro atoms. The molecule has 18 heavy (non-hydrogen) atoms. The molecule has 0 radical (unpaired) electrons. The average Bonchev–Trinajstić information content (AvgIpc) is 3.01. The smallest absolute Gasteiger partial charge is 0.309 e. The molecule has 0 saturated heterocycles. The van der Waals surface area contributed by atoms with Gasteiger partial charge >= 0.3 is 5.97 Å². The van der Waals surface area contributed by atoms with E-state index in [1.807, 2.05) is 30.3 Å². The van der Waals surface area contributed by atoms with Gasteiger partial charge in [0.1, 0.15) is 5.78 Å². The van der Waals surface area contributed by atoms with E-state index in [1.54, 1.807) is 0 Å². The summed E-state index contributed by atoms with van der Waals surface area (Å²) in [5.74, 6) is 0.247. The van der Waals surface area contributed by atoms with Crippen LogP contribution in [0.3, 0.4) is 0 Å². The van der Waals surface area contributed by atoms with Crippen LogP contribution < -0.4 is 0 Å². The van der Waals surface area contributed by atoms with Gasteiger partial charge in [-0.25, -0.2) is 0 Å². The highest BCUT2D eigenvalue weighted by molar-refractivity contribution is 5.94. The summed E-state index contributed by atoms with van der Waals surface area (Å²) in [5.41, 5.74) is 1.16. The van der Waals surface area contributed by atoms with Gasteiger partial charge < -0.3 is 4.74 Å². The zero-order valence-electron chi connectivity index (χ0n) is 10.2. The van der Waals surface area contributed by atoms with Crippen molar-refractivity contribution in [2.45, 2.75) is 19.3 Å². The summed E-state index contributed by atoms with van der Waals surface area (Å²) in [4.78, 5) is 23.2. The van der Waals surface area contributed by atoms with E-state index in [4.69, 9.17) is 4.74 Å². The number of ether oxygens (including phenoxy) is 1. The Balaban J connectivity index is 1.45. The molecule has 0 aliphatic heterocycles. The zero-order chi connectivity index (χ0) is 12.5. The van der Waals surface area contributed by atoms with Gasteiger partial charge in [-0.15, -0.1) is 0 Å². The maximum absolute atomic E-state index is 11.8. The molecular weight excluding hydrogens is 228 g/mol. The number of ketones is 1. The van der Waals surface area contributed by atoms with Crippen molar-refractivity contribution < 1.29 is 14.3 Å². The second kappa shape index (κ2) is 4.56. The number of carbonyl (C=O) groups is 2. The van der Waals surface area contributed by atoms with Crippen molar-refractivity contribution in [3.8, 4) is 0 Å². The quantitative estimate of drug-likeness (QED) is 0.761. The van der Waals surface area contributed by atoms with Gasteiger partial charge in [-0.1, -0.05) is 30.3 Å². The largest absolute Gasteiger partial charge is 0.465 e. The minimum atomic E-state index is -0.172. The van der Waals surface area contributed by atoms with E-state index in [-0.39, 0.29) is 23.6 Å². The molecule has 0 amide bonds. The molecule has 2 aliphatic rings. The molecular formula is C15H16O3. The molecule has 2 saturated carbocycles. The van der Waals surface area contributed by atoms with E-state index in [0.29, 0.717) is 18.9 Å². The summed E-state index contributed by atoms with van der Waals surface area (Å²) >= 11 is 0. The molecule has 0 bridgehead atoms. The Morgan fingerprint density at radius 3 is 2.72 bits per heavy atom. The van der Waals surface area contributed by atoms with Crippen LogP contribution in [0.15, 0.2) is 30.3 Å². The number of rotatable bonds is 4. The molecule has 0 heterocycles. The topological polar surface area (TPSA) is 43.4 Å². The second-order valence-electron chi connectivity index (χ2n) is 5.12. The molecule has 2 aliphatic carbocycles. The van der Waals surface area contributed by atoms with Crippen molar-refractivity contribution in [1.29, 1.82) is 0 Å². The molecule has 94 valence electrons. The Morgan fingerprint density at radius 1 is 1.28 bits per heavy atom. The summed E-state index contributed by atoms with van der Waals surface area (Å²) < 4.78 is 5.26. The van der Waals surface area contributed by atoms with Gasteiger partial charge in [0.25, 0.3) is 0 Å². The first kappa shape index (κ1) is 11.5. The number of hydrogen-bond acceptors (Lipinski definition) is 3. The number of esters is 1. The summed E-state index contributed by atoms with van der Waals surface area (Å²) in [5, 5.41) is 0. The first-order chi connectivity index (χ1) is 8.77. The molecule has 3 heteroatoms. The number of benzene rings is 1. The molecule has 2 fully saturated rings. The maximum Gasteiger partial charge on any atom is 0.309 e. The standard InChI is InChI=1S/C15H16O3/c16-12-7-6-11-13(12)14(11)15(17)18-9-8-10-4-2-1-3-5-10/h1-5,11,13-14H,6-9H2/t11-,13-,14+/m1/s1. The highest BCUT2D eigenvalue weighted by Gasteiger charge is 2.62. The Bertz CT molecular complexity index is 466. The third-order valence-electron chi connectivity index (χ3n) is 4.01. The fraction of sp³-hybridized carbons (Fsp3) is 0.467. The van der Waals surface area contributed by atoms with E-state index in [1.165, 1.54) is 0 Å². The molecule has 0 unspecified atom stereocenters.